The van der Waals surface area contributed by atoms with E-state index in [0.717, 1.165) is 10.3 Å². The van der Waals surface area contributed by atoms with Gasteiger partial charge in [0.15, 0.2) is 4.77 Å². The lowest BCUT2D eigenvalue weighted by Gasteiger charge is -2.20. The Morgan fingerprint density at radius 1 is 1.39 bits per heavy atom. The average molecular weight is 278 g/mol. The lowest BCUT2D eigenvalue weighted by atomic mass is 10.2. The summed E-state index contributed by atoms with van der Waals surface area (Å²) in [6.45, 7) is 2.14. The summed E-state index contributed by atoms with van der Waals surface area (Å²) >= 11 is 7.51. The summed E-state index contributed by atoms with van der Waals surface area (Å²) in [5.41, 5.74) is 3.73. The van der Waals surface area contributed by atoms with Crippen LogP contribution in [0.1, 0.15) is 30.9 Å². The Bertz CT molecular complexity index is 626. The van der Waals surface area contributed by atoms with Crippen molar-refractivity contribution in [3.8, 4) is 0 Å². The molecule has 1 fully saturated rings. The first-order valence-corrected chi connectivity index (χ1v) is 8.14. The summed E-state index contributed by atoms with van der Waals surface area (Å²) in [6, 6.07) is 7.08. The molecule has 0 aliphatic heterocycles. The molecule has 0 radical (unpaired) electrons. The van der Waals surface area contributed by atoms with Crippen LogP contribution in [0.5, 0.6) is 0 Å². The van der Waals surface area contributed by atoms with Crippen molar-refractivity contribution in [1.29, 1.82) is 0 Å². The molecule has 0 spiro atoms. The van der Waals surface area contributed by atoms with E-state index in [-0.39, 0.29) is 0 Å². The highest BCUT2D eigenvalue weighted by Gasteiger charge is 2.29. The number of aromatic amines is 1. The average Bonchev–Trinajstić information content (AvgIpc) is 2.91. The van der Waals surface area contributed by atoms with Crippen LogP contribution in [-0.4, -0.2) is 21.1 Å². The van der Waals surface area contributed by atoms with Crippen LogP contribution >= 0.6 is 24.0 Å². The van der Waals surface area contributed by atoms with Crippen LogP contribution < -0.4 is 0 Å². The maximum Gasteiger partial charge on any atom is 0.178 e. The number of fused-ring (bicyclic) bond motifs is 1. The summed E-state index contributed by atoms with van der Waals surface area (Å²) in [7, 11) is 0. The molecule has 1 aromatic heterocycles. The molecule has 1 N–H and O–H groups in total. The smallest absolute Gasteiger partial charge is 0.178 e. The highest BCUT2D eigenvalue weighted by atomic mass is 32.2. The largest absolute Gasteiger partial charge is 0.331 e. The minimum atomic E-state index is 0.558. The molecule has 2 atom stereocenters. The number of H-pyrrole nitrogens is 1. The van der Waals surface area contributed by atoms with Gasteiger partial charge in [-0.3, -0.25) is 0 Å². The monoisotopic (exact) mass is 278 g/mol. The van der Waals surface area contributed by atoms with Gasteiger partial charge in [0.1, 0.15) is 0 Å². The molecule has 1 aliphatic rings. The van der Waals surface area contributed by atoms with Crippen LogP contribution in [0.2, 0.25) is 0 Å². The molecule has 1 aromatic carbocycles. The molecule has 96 valence electrons. The molecule has 0 bridgehead atoms. The third-order valence-corrected chi connectivity index (χ3v) is 5.38. The number of imidazole rings is 1. The zero-order valence-corrected chi connectivity index (χ0v) is 12.4. The van der Waals surface area contributed by atoms with Gasteiger partial charge in [-0.15, -0.1) is 0 Å². The highest BCUT2D eigenvalue weighted by Crippen LogP contribution is 2.39. The van der Waals surface area contributed by atoms with Crippen molar-refractivity contribution >= 4 is 35.0 Å². The van der Waals surface area contributed by atoms with Crippen molar-refractivity contribution < 1.29 is 0 Å². The Balaban J connectivity index is 2.18. The van der Waals surface area contributed by atoms with Crippen molar-refractivity contribution in [1.82, 2.24) is 9.55 Å². The molecule has 3 rings (SSSR count). The van der Waals surface area contributed by atoms with Crippen molar-refractivity contribution in [2.24, 2.45) is 0 Å². The van der Waals surface area contributed by atoms with Crippen LogP contribution in [0.15, 0.2) is 18.2 Å². The molecule has 1 aliphatic carbocycles. The second-order valence-electron chi connectivity index (χ2n) is 5.09. The molecule has 1 saturated carbocycles. The van der Waals surface area contributed by atoms with Crippen molar-refractivity contribution in [2.75, 3.05) is 6.26 Å². The van der Waals surface area contributed by atoms with Gasteiger partial charge in [0.25, 0.3) is 0 Å². The van der Waals surface area contributed by atoms with Gasteiger partial charge in [0.2, 0.25) is 0 Å². The van der Waals surface area contributed by atoms with E-state index < -0.39 is 0 Å². The normalized spacial score (nSPS) is 23.9. The van der Waals surface area contributed by atoms with Gasteiger partial charge < -0.3 is 9.55 Å². The predicted molar refractivity (Wildman–Crippen MR) is 82.1 cm³/mol. The van der Waals surface area contributed by atoms with Crippen molar-refractivity contribution in [3.63, 3.8) is 0 Å². The fraction of sp³-hybridized carbons (Fsp3) is 0.500. The molecule has 2 unspecified atom stereocenters. The number of benzene rings is 1. The van der Waals surface area contributed by atoms with Crippen LogP contribution in [0.25, 0.3) is 11.0 Å². The Morgan fingerprint density at radius 2 is 2.22 bits per heavy atom. The van der Waals surface area contributed by atoms with E-state index in [0.29, 0.717) is 11.3 Å². The van der Waals surface area contributed by atoms with E-state index in [1.54, 1.807) is 0 Å². The zero-order valence-electron chi connectivity index (χ0n) is 10.8. The standard InChI is InChI=1S/C14H18N2S2/c1-9-6-7-10-12(8-9)16(14(17)15-10)11-4-3-5-13(11)18-2/h6-8,11,13H,3-5H2,1-2H3,(H,15,17). The van der Waals surface area contributed by atoms with Crippen LogP contribution in [0, 0.1) is 11.7 Å². The first-order valence-electron chi connectivity index (χ1n) is 6.44. The molecular formula is C14H18N2S2. The second kappa shape index (κ2) is 4.74. The fourth-order valence-corrected chi connectivity index (χ4v) is 4.36. The van der Waals surface area contributed by atoms with E-state index >= 15 is 0 Å². The van der Waals surface area contributed by atoms with Crippen molar-refractivity contribution in [2.45, 2.75) is 37.5 Å². The van der Waals surface area contributed by atoms with E-state index in [2.05, 4.69) is 40.9 Å². The van der Waals surface area contributed by atoms with E-state index in [4.69, 9.17) is 12.2 Å². The Morgan fingerprint density at radius 3 is 3.00 bits per heavy atom. The summed E-state index contributed by atoms with van der Waals surface area (Å²) in [5, 5.41) is 0.705. The number of rotatable bonds is 2. The molecule has 0 amide bonds. The topological polar surface area (TPSA) is 20.7 Å². The minimum Gasteiger partial charge on any atom is -0.331 e. The predicted octanol–water partition coefficient (Wildman–Crippen LogP) is 4.46. The number of aryl methyl sites for hydroxylation is 1. The summed E-state index contributed by atoms with van der Waals surface area (Å²) in [5.74, 6) is 0. The quantitative estimate of drug-likeness (QED) is 0.818. The molecule has 2 aromatic rings. The summed E-state index contributed by atoms with van der Waals surface area (Å²) in [4.78, 5) is 3.34. The van der Waals surface area contributed by atoms with Crippen LogP contribution in [-0.2, 0) is 0 Å². The third kappa shape index (κ3) is 1.91. The van der Waals surface area contributed by atoms with Crippen LogP contribution in [0.3, 0.4) is 0 Å². The van der Waals surface area contributed by atoms with Gasteiger partial charge in [-0.05, 0) is 55.9 Å². The lowest BCUT2D eigenvalue weighted by Crippen LogP contribution is -2.15. The molecule has 0 saturated heterocycles. The Labute approximate surface area is 117 Å². The van der Waals surface area contributed by atoms with Gasteiger partial charge in [-0.25, -0.2) is 0 Å². The number of thioether (sulfide) groups is 1. The number of nitrogens with one attached hydrogen (secondary N) is 1. The fourth-order valence-electron chi connectivity index (χ4n) is 3.04. The number of hydrogen-bond donors (Lipinski definition) is 1. The van der Waals surface area contributed by atoms with E-state index in [1.807, 2.05) is 11.8 Å². The highest BCUT2D eigenvalue weighted by molar-refractivity contribution is 7.99. The first kappa shape index (κ1) is 12.3. The SMILES string of the molecule is CSC1CCCC1n1c(=S)[nH]c2ccc(C)cc21. The molecular weight excluding hydrogens is 260 g/mol. The Hall–Kier alpha value is -0.740. The molecule has 18 heavy (non-hydrogen) atoms. The second-order valence-corrected chi connectivity index (χ2v) is 6.56. The van der Waals surface area contributed by atoms with Gasteiger partial charge in [0.05, 0.1) is 11.0 Å². The van der Waals surface area contributed by atoms with Gasteiger partial charge in [0, 0.05) is 11.3 Å². The summed E-state index contributed by atoms with van der Waals surface area (Å²) < 4.78 is 3.23. The van der Waals surface area contributed by atoms with Crippen molar-refractivity contribution in [3.05, 3.63) is 28.5 Å². The van der Waals surface area contributed by atoms with E-state index in [9.17, 15) is 0 Å². The Kier molecular flexibility index (Phi) is 3.24. The van der Waals surface area contributed by atoms with Gasteiger partial charge in [-0.2, -0.15) is 11.8 Å². The number of nitrogens with zero attached hydrogens (tertiary/aromatic N) is 1. The number of aromatic nitrogens is 2. The molecule has 1 heterocycles. The zero-order chi connectivity index (χ0) is 12.7. The molecule has 2 nitrogen and oxygen atoms in total. The minimum absolute atomic E-state index is 0.558. The van der Waals surface area contributed by atoms with Crippen LogP contribution in [0.4, 0.5) is 0 Å². The third-order valence-electron chi connectivity index (χ3n) is 3.93. The molecule has 4 heteroatoms. The first-order chi connectivity index (χ1) is 8.70. The maximum atomic E-state index is 5.53. The van der Waals surface area contributed by atoms with E-state index in [1.165, 1.54) is 30.3 Å². The lowest BCUT2D eigenvalue weighted by molar-refractivity contribution is 0.536. The van der Waals surface area contributed by atoms with Gasteiger partial charge in [-0.1, -0.05) is 12.5 Å². The van der Waals surface area contributed by atoms with Gasteiger partial charge >= 0.3 is 0 Å². The number of hydrogen-bond acceptors (Lipinski definition) is 2. The summed E-state index contributed by atoms with van der Waals surface area (Å²) in [6.07, 6.45) is 6.09. The maximum absolute atomic E-state index is 5.53.